The molecule has 0 bridgehead atoms. The van der Waals surface area contributed by atoms with Crippen molar-refractivity contribution in [3.63, 3.8) is 0 Å². The van der Waals surface area contributed by atoms with Crippen molar-refractivity contribution in [2.75, 3.05) is 0 Å². The van der Waals surface area contributed by atoms with Gasteiger partial charge in [0, 0.05) is 6.20 Å². The van der Waals surface area contributed by atoms with E-state index >= 15 is 0 Å². The normalized spacial score (nSPS) is 10.4. The van der Waals surface area contributed by atoms with Crippen molar-refractivity contribution >= 4 is 10.9 Å². The number of nitrogens with zero attached hydrogens (tertiary/aromatic N) is 2. The Morgan fingerprint density at radius 1 is 1.42 bits per heavy atom. The van der Waals surface area contributed by atoms with Gasteiger partial charge in [0.1, 0.15) is 0 Å². The van der Waals surface area contributed by atoms with Crippen LogP contribution in [0.3, 0.4) is 0 Å². The Morgan fingerprint density at radius 2 is 2.25 bits per heavy atom. The molecule has 2 rings (SSSR count). The Hall–Kier alpha value is -1.71. The first kappa shape index (κ1) is 6.97. The average molecular weight is 161 g/mol. The summed E-state index contributed by atoms with van der Waals surface area (Å²) in [5.41, 5.74) is 1.26. The second-order valence-corrected chi connectivity index (χ2v) is 2.53. The zero-order valence-electron chi connectivity index (χ0n) is 6.53. The molecule has 0 unspecified atom stereocenters. The van der Waals surface area contributed by atoms with Gasteiger partial charge in [-0.2, -0.15) is 4.98 Å². The zero-order valence-corrected chi connectivity index (χ0v) is 6.53. The van der Waals surface area contributed by atoms with E-state index < -0.39 is 0 Å². The van der Waals surface area contributed by atoms with Crippen LogP contribution in [-0.4, -0.2) is 15.0 Å². The fourth-order valence-electron chi connectivity index (χ4n) is 1.18. The minimum atomic E-state index is -0.227. The van der Waals surface area contributed by atoms with Crippen LogP contribution in [0, 0.1) is 6.92 Å². The van der Waals surface area contributed by atoms with E-state index in [9.17, 15) is 4.79 Å². The van der Waals surface area contributed by atoms with Crippen molar-refractivity contribution in [1.82, 2.24) is 15.0 Å². The summed E-state index contributed by atoms with van der Waals surface area (Å²) < 4.78 is 0. The minimum Gasteiger partial charge on any atom is -0.346 e. The Kier molecular flexibility index (Phi) is 1.40. The van der Waals surface area contributed by atoms with Crippen LogP contribution in [0.4, 0.5) is 0 Å². The van der Waals surface area contributed by atoms with Crippen molar-refractivity contribution in [1.29, 1.82) is 0 Å². The van der Waals surface area contributed by atoms with E-state index in [-0.39, 0.29) is 5.56 Å². The number of rotatable bonds is 0. The van der Waals surface area contributed by atoms with Gasteiger partial charge in [-0.3, -0.25) is 9.78 Å². The van der Waals surface area contributed by atoms with Crippen molar-refractivity contribution in [2.24, 2.45) is 0 Å². The zero-order chi connectivity index (χ0) is 8.55. The molecule has 0 saturated carbocycles. The van der Waals surface area contributed by atoms with Gasteiger partial charge in [-0.05, 0) is 13.0 Å². The molecule has 0 saturated heterocycles. The van der Waals surface area contributed by atoms with E-state index in [4.69, 9.17) is 0 Å². The third-order valence-corrected chi connectivity index (χ3v) is 1.76. The van der Waals surface area contributed by atoms with Gasteiger partial charge in [0.25, 0.3) is 5.56 Å². The summed E-state index contributed by atoms with van der Waals surface area (Å²) in [5.74, 6) is 0. The van der Waals surface area contributed by atoms with Gasteiger partial charge in [-0.25, -0.2) is 0 Å². The summed E-state index contributed by atoms with van der Waals surface area (Å²) in [7, 11) is 0. The summed E-state index contributed by atoms with van der Waals surface area (Å²) in [6.45, 7) is 1.79. The van der Waals surface area contributed by atoms with Crippen molar-refractivity contribution < 1.29 is 0 Å². The predicted molar refractivity (Wildman–Crippen MR) is 44.9 cm³/mol. The Morgan fingerprint density at radius 3 is 3.00 bits per heavy atom. The lowest BCUT2D eigenvalue weighted by atomic mass is 10.2. The highest BCUT2D eigenvalue weighted by Crippen LogP contribution is 2.06. The molecule has 0 aromatic carbocycles. The van der Waals surface area contributed by atoms with E-state index in [0.717, 1.165) is 5.52 Å². The molecule has 0 spiro atoms. The van der Waals surface area contributed by atoms with Crippen LogP contribution >= 0.6 is 0 Å². The first-order valence-corrected chi connectivity index (χ1v) is 3.58. The van der Waals surface area contributed by atoms with Gasteiger partial charge >= 0.3 is 0 Å². The standard InChI is InChI=1S/C8H7N3O/c1-5-7-6(2-3-9-5)10-4-11-8(7)12/h2-4H,1H3,(H,10,11,12). The lowest BCUT2D eigenvalue weighted by Gasteiger charge is -1.96. The smallest absolute Gasteiger partial charge is 0.282 e. The predicted octanol–water partition coefficient (Wildman–Crippen LogP) is 0.627. The van der Waals surface area contributed by atoms with E-state index in [0.29, 0.717) is 11.1 Å². The molecule has 0 aliphatic rings. The van der Waals surface area contributed by atoms with Gasteiger partial charge in [0.15, 0.2) is 0 Å². The summed E-state index contributed by atoms with van der Waals surface area (Å²) in [6, 6.07) is 1.76. The first-order chi connectivity index (χ1) is 5.79. The second-order valence-electron chi connectivity index (χ2n) is 2.53. The van der Waals surface area contributed by atoms with Gasteiger partial charge in [-0.1, -0.05) is 0 Å². The molecule has 4 nitrogen and oxygen atoms in total. The van der Waals surface area contributed by atoms with Gasteiger partial charge in [-0.15, -0.1) is 0 Å². The largest absolute Gasteiger partial charge is 0.346 e. The first-order valence-electron chi connectivity index (χ1n) is 3.58. The number of aromatic amines is 1. The van der Waals surface area contributed by atoms with Gasteiger partial charge in [0.05, 0.1) is 22.9 Å². The van der Waals surface area contributed by atoms with Gasteiger partial charge < -0.3 is 4.98 Å². The Bertz CT molecular complexity index is 470. The number of pyridine rings is 1. The summed E-state index contributed by atoms with van der Waals surface area (Å²) in [6.07, 6.45) is 3.05. The maximum Gasteiger partial charge on any atom is 0.282 e. The molecule has 0 amide bonds. The molecule has 0 fully saturated rings. The highest BCUT2D eigenvalue weighted by atomic mass is 16.1. The number of aromatic nitrogens is 3. The average Bonchev–Trinajstić information content (AvgIpc) is 2.04. The Labute approximate surface area is 68.3 Å². The molecule has 60 valence electrons. The van der Waals surface area contributed by atoms with Crippen LogP contribution in [0.25, 0.3) is 10.9 Å². The molecule has 4 heteroatoms. The summed E-state index contributed by atoms with van der Waals surface area (Å²) in [4.78, 5) is 21.7. The van der Waals surface area contributed by atoms with Crippen molar-refractivity contribution in [2.45, 2.75) is 6.92 Å². The van der Waals surface area contributed by atoms with Crippen LogP contribution in [0.5, 0.6) is 0 Å². The third-order valence-electron chi connectivity index (χ3n) is 1.76. The summed E-state index contributed by atoms with van der Waals surface area (Å²) >= 11 is 0. The van der Waals surface area contributed by atoms with Crippen LogP contribution in [0.2, 0.25) is 0 Å². The van der Waals surface area contributed by atoms with E-state index in [2.05, 4.69) is 15.0 Å². The molecular weight excluding hydrogens is 154 g/mol. The fraction of sp³-hybridized carbons (Fsp3) is 0.125. The third kappa shape index (κ3) is 0.887. The lowest BCUT2D eigenvalue weighted by Crippen LogP contribution is -2.08. The number of aryl methyl sites for hydroxylation is 1. The summed E-state index contributed by atoms with van der Waals surface area (Å²) in [5, 5.41) is 0.569. The maximum atomic E-state index is 11.2. The number of hydrogen-bond donors (Lipinski definition) is 1. The van der Waals surface area contributed by atoms with Crippen LogP contribution in [0.1, 0.15) is 5.69 Å². The molecule has 2 heterocycles. The number of H-pyrrole nitrogens is 1. The number of hydrogen-bond acceptors (Lipinski definition) is 3. The topological polar surface area (TPSA) is 58.6 Å². The SMILES string of the molecule is Cc1nccc2[nH]cnc(=O)c12. The Balaban J connectivity index is 3.07. The molecular formula is C8H7N3O. The van der Waals surface area contributed by atoms with Crippen molar-refractivity contribution in [3.8, 4) is 0 Å². The molecule has 0 aliphatic heterocycles. The van der Waals surface area contributed by atoms with E-state index in [1.807, 2.05) is 0 Å². The highest BCUT2D eigenvalue weighted by molar-refractivity contribution is 5.78. The quantitative estimate of drug-likeness (QED) is 0.616. The number of fused-ring (bicyclic) bond motifs is 1. The van der Waals surface area contributed by atoms with E-state index in [1.54, 1.807) is 19.2 Å². The molecule has 0 atom stereocenters. The van der Waals surface area contributed by atoms with Crippen LogP contribution in [0.15, 0.2) is 23.4 Å². The van der Waals surface area contributed by atoms with Crippen molar-refractivity contribution in [3.05, 3.63) is 34.6 Å². The monoisotopic (exact) mass is 161 g/mol. The minimum absolute atomic E-state index is 0.227. The number of nitrogens with one attached hydrogen (secondary N) is 1. The molecule has 2 aromatic heterocycles. The second kappa shape index (κ2) is 2.41. The molecule has 0 aliphatic carbocycles. The van der Waals surface area contributed by atoms with Gasteiger partial charge in [0.2, 0.25) is 0 Å². The lowest BCUT2D eigenvalue weighted by molar-refractivity contribution is 1.14. The fourth-order valence-corrected chi connectivity index (χ4v) is 1.18. The molecule has 12 heavy (non-hydrogen) atoms. The molecule has 2 aromatic rings. The highest BCUT2D eigenvalue weighted by Gasteiger charge is 2.01. The molecule has 1 N–H and O–H groups in total. The maximum absolute atomic E-state index is 11.2. The van der Waals surface area contributed by atoms with Crippen LogP contribution < -0.4 is 5.56 Å². The van der Waals surface area contributed by atoms with E-state index in [1.165, 1.54) is 6.33 Å². The molecule has 0 radical (unpaired) electrons. The van der Waals surface area contributed by atoms with Crippen LogP contribution in [-0.2, 0) is 0 Å².